The molecule has 0 aliphatic carbocycles. The van der Waals surface area contributed by atoms with E-state index in [-0.39, 0.29) is 0 Å². The van der Waals surface area contributed by atoms with Gasteiger partial charge in [0.25, 0.3) is 0 Å². The molecule has 0 amide bonds. The molecule has 0 atom stereocenters. The normalized spacial score (nSPS) is 10.3. The molecule has 0 saturated carbocycles. The topological polar surface area (TPSA) is 30.7 Å². The van der Waals surface area contributed by atoms with Crippen LogP contribution in [0, 0.1) is 13.8 Å². The Morgan fingerprint density at radius 3 is 2.38 bits per heavy atom. The maximum Gasteiger partial charge on any atom is 0.110 e. The first-order valence-electron chi connectivity index (χ1n) is 4.20. The Morgan fingerprint density at radius 1 is 1.15 bits per heavy atom. The molecule has 0 aliphatic heterocycles. The van der Waals surface area contributed by atoms with Crippen molar-refractivity contribution in [2.45, 2.75) is 13.8 Å². The van der Waals surface area contributed by atoms with Gasteiger partial charge in [0.05, 0.1) is 5.69 Å². The number of hydrogen-bond acceptors (Lipinski definition) is 2. The molecular formula is C10H11N3. The highest BCUT2D eigenvalue weighted by atomic mass is 15.1. The first kappa shape index (κ1) is 7.98. The minimum absolute atomic E-state index is 1.00. The van der Waals surface area contributed by atoms with Crippen molar-refractivity contribution in [1.29, 1.82) is 0 Å². The van der Waals surface area contributed by atoms with E-state index in [9.17, 15) is 0 Å². The first-order chi connectivity index (χ1) is 6.29. The minimum Gasteiger partial charge on any atom is -0.301 e. The molecule has 3 heteroatoms. The highest BCUT2D eigenvalue weighted by molar-refractivity contribution is 5.32. The van der Waals surface area contributed by atoms with E-state index in [0.29, 0.717) is 0 Å². The van der Waals surface area contributed by atoms with Crippen LogP contribution in [0.3, 0.4) is 0 Å². The quantitative estimate of drug-likeness (QED) is 0.659. The summed E-state index contributed by atoms with van der Waals surface area (Å²) >= 11 is 0. The number of pyridine rings is 1. The maximum atomic E-state index is 4.24. The van der Waals surface area contributed by atoms with Crippen molar-refractivity contribution < 1.29 is 0 Å². The van der Waals surface area contributed by atoms with Crippen LogP contribution in [-0.2, 0) is 0 Å². The molecule has 0 fully saturated rings. The van der Waals surface area contributed by atoms with Gasteiger partial charge in [0, 0.05) is 24.3 Å². The van der Waals surface area contributed by atoms with Gasteiger partial charge in [-0.2, -0.15) is 0 Å². The fraction of sp³-hybridized carbons (Fsp3) is 0.200. The monoisotopic (exact) mass is 173 g/mol. The van der Waals surface area contributed by atoms with E-state index in [2.05, 4.69) is 14.5 Å². The zero-order valence-corrected chi connectivity index (χ0v) is 7.73. The number of nitrogens with zero attached hydrogens (tertiary/aromatic N) is 3. The largest absolute Gasteiger partial charge is 0.301 e. The summed E-state index contributed by atoms with van der Waals surface area (Å²) in [6.07, 6.45) is 5.44. The van der Waals surface area contributed by atoms with Gasteiger partial charge in [0.15, 0.2) is 0 Å². The van der Waals surface area contributed by atoms with E-state index in [4.69, 9.17) is 0 Å². The summed E-state index contributed by atoms with van der Waals surface area (Å²) < 4.78 is 2.10. The van der Waals surface area contributed by atoms with Crippen molar-refractivity contribution in [2.24, 2.45) is 0 Å². The summed E-state index contributed by atoms with van der Waals surface area (Å²) in [6.45, 7) is 4.04. The van der Waals surface area contributed by atoms with Crippen LogP contribution in [0.25, 0.3) is 5.69 Å². The van der Waals surface area contributed by atoms with E-state index in [1.54, 1.807) is 12.4 Å². The van der Waals surface area contributed by atoms with Crippen LogP contribution < -0.4 is 0 Å². The van der Waals surface area contributed by atoms with Crippen molar-refractivity contribution in [3.63, 3.8) is 0 Å². The van der Waals surface area contributed by atoms with Gasteiger partial charge in [-0.05, 0) is 26.0 Å². The number of aromatic nitrogens is 3. The van der Waals surface area contributed by atoms with Crippen molar-refractivity contribution in [3.8, 4) is 5.69 Å². The summed E-state index contributed by atoms with van der Waals surface area (Å²) in [5.74, 6) is 1.00. The standard InChI is InChI=1S/C10H11N3/c1-8-7-12-9(2)13(8)10-3-5-11-6-4-10/h3-7H,1-2H3. The van der Waals surface area contributed by atoms with Crippen LogP contribution in [-0.4, -0.2) is 14.5 Å². The Balaban J connectivity index is 2.59. The maximum absolute atomic E-state index is 4.24. The molecule has 0 radical (unpaired) electrons. The third-order valence-electron chi connectivity index (χ3n) is 2.04. The summed E-state index contributed by atoms with van der Waals surface area (Å²) in [5, 5.41) is 0. The van der Waals surface area contributed by atoms with Crippen LogP contribution in [0.15, 0.2) is 30.7 Å². The zero-order valence-electron chi connectivity index (χ0n) is 7.73. The molecule has 0 spiro atoms. The Morgan fingerprint density at radius 2 is 1.85 bits per heavy atom. The summed E-state index contributed by atoms with van der Waals surface area (Å²) in [6, 6.07) is 3.95. The Bertz CT molecular complexity index is 384. The lowest BCUT2D eigenvalue weighted by Gasteiger charge is -2.06. The molecule has 3 nitrogen and oxygen atoms in total. The van der Waals surface area contributed by atoms with E-state index < -0.39 is 0 Å². The summed E-state index contributed by atoms with van der Waals surface area (Å²) in [7, 11) is 0. The van der Waals surface area contributed by atoms with Gasteiger partial charge in [0.2, 0.25) is 0 Å². The van der Waals surface area contributed by atoms with Crippen molar-refractivity contribution in [3.05, 3.63) is 42.2 Å². The van der Waals surface area contributed by atoms with E-state index in [1.807, 2.05) is 32.2 Å². The van der Waals surface area contributed by atoms with Crippen molar-refractivity contribution in [1.82, 2.24) is 14.5 Å². The molecule has 2 aromatic rings. The molecular weight excluding hydrogens is 162 g/mol. The van der Waals surface area contributed by atoms with Crippen LogP contribution in [0.4, 0.5) is 0 Å². The Kier molecular flexibility index (Phi) is 1.85. The average molecular weight is 173 g/mol. The molecule has 13 heavy (non-hydrogen) atoms. The SMILES string of the molecule is Cc1cnc(C)n1-c1ccncc1. The van der Waals surface area contributed by atoms with Gasteiger partial charge < -0.3 is 4.57 Å². The van der Waals surface area contributed by atoms with E-state index in [1.165, 1.54) is 0 Å². The Labute approximate surface area is 77.1 Å². The fourth-order valence-corrected chi connectivity index (χ4v) is 1.44. The lowest BCUT2D eigenvalue weighted by atomic mass is 10.4. The number of aryl methyl sites for hydroxylation is 2. The van der Waals surface area contributed by atoms with Gasteiger partial charge >= 0.3 is 0 Å². The molecule has 0 unspecified atom stereocenters. The minimum atomic E-state index is 1.00. The molecule has 2 aromatic heterocycles. The summed E-state index contributed by atoms with van der Waals surface area (Å²) in [4.78, 5) is 8.22. The molecule has 2 heterocycles. The second kappa shape index (κ2) is 3.01. The number of hydrogen-bond donors (Lipinski definition) is 0. The molecule has 0 saturated heterocycles. The fourth-order valence-electron chi connectivity index (χ4n) is 1.44. The van der Waals surface area contributed by atoms with Crippen LogP contribution >= 0.6 is 0 Å². The lowest BCUT2D eigenvalue weighted by Crippen LogP contribution is -1.98. The third-order valence-corrected chi connectivity index (χ3v) is 2.04. The van der Waals surface area contributed by atoms with Gasteiger partial charge in [-0.25, -0.2) is 4.98 Å². The second-order valence-electron chi connectivity index (χ2n) is 2.99. The van der Waals surface area contributed by atoms with Gasteiger partial charge in [0.1, 0.15) is 5.82 Å². The third kappa shape index (κ3) is 1.33. The predicted octanol–water partition coefficient (Wildman–Crippen LogP) is 1.88. The molecule has 0 aliphatic rings. The Hall–Kier alpha value is -1.64. The second-order valence-corrected chi connectivity index (χ2v) is 2.99. The highest BCUT2D eigenvalue weighted by Gasteiger charge is 2.03. The summed E-state index contributed by atoms with van der Waals surface area (Å²) in [5.41, 5.74) is 2.26. The van der Waals surface area contributed by atoms with E-state index >= 15 is 0 Å². The van der Waals surface area contributed by atoms with Gasteiger partial charge in [-0.1, -0.05) is 0 Å². The molecule has 66 valence electrons. The van der Waals surface area contributed by atoms with Crippen LogP contribution in [0.1, 0.15) is 11.5 Å². The van der Waals surface area contributed by atoms with Crippen LogP contribution in [0.2, 0.25) is 0 Å². The molecule has 2 rings (SSSR count). The average Bonchev–Trinajstić information content (AvgIpc) is 2.48. The number of rotatable bonds is 1. The van der Waals surface area contributed by atoms with E-state index in [0.717, 1.165) is 17.2 Å². The number of imidazole rings is 1. The van der Waals surface area contributed by atoms with Gasteiger partial charge in [-0.3, -0.25) is 4.98 Å². The molecule has 0 bridgehead atoms. The molecule has 0 aromatic carbocycles. The van der Waals surface area contributed by atoms with Crippen LogP contribution in [0.5, 0.6) is 0 Å². The zero-order chi connectivity index (χ0) is 9.26. The molecule has 0 N–H and O–H groups in total. The predicted molar refractivity (Wildman–Crippen MR) is 50.8 cm³/mol. The lowest BCUT2D eigenvalue weighted by molar-refractivity contribution is 0.937. The first-order valence-corrected chi connectivity index (χ1v) is 4.20. The smallest absolute Gasteiger partial charge is 0.110 e. The van der Waals surface area contributed by atoms with Gasteiger partial charge in [-0.15, -0.1) is 0 Å². The van der Waals surface area contributed by atoms with Crippen molar-refractivity contribution in [2.75, 3.05) is 0 Å². The highest BCUT2D eigenvalue weighted by Crippen LogP contribution is 2.11. The van der Waals surface area contributed by atoms with Crippen molar-refractivity contribution >= 4 is 0 Å².